The first kappa shape index (κ1) is 17.3. The minimum Gasteiger partial charge on any atom is -0.493 e. The molecule has 2 fully saturated rings. The molecule has 0 bridgehead atoms. The van der Waals surface area contributed by atoms with Crippen LogP contribution in [-0.2, 0) is 6.54 Å². The number of methoxy groups -OCH3 is 1. The Balaban J connectivity index is 1.40. The van der Waals surface area contributed by atoms with Crippen molar-refractivity contribution in [2.45, 2.75) is 31.6 Å². The van der Waals surface area contributed by atoms with E-state index in [1.165, 1.54) is 5.56 Å². The van der Waals surface area contributed by atoms with Gasteiger partial charge in [-0.25, -0.2) is 0 Å². The third-order valence-corrected chi connectivity index (χ3v) is 5.66. The average molecular weight is 354 g/mol. The number of likely N-dealkylation sites (tertiary alicyclic amines) is 1. The highest BCUT2D eigenvalue weighted by Crippen LogP contribution is 2.39. The van der Waals surface area contributed by atoms with Gasteiger partial charge in [-0.3, -0.25) is 9.88 Å². The molecule has 1 saturated carbocycles. The van der Waals surface area contributed by atoms with E-state index in [0.717, 1.165) is 32.5 Å². The van der Waals surface area contributed by atoms with E-state index in [-0.39, 0.29) is 6.10 Å². The maximum atomic E-state index is 10.6. The third-order valence-electron chi connectivity index (χ3n) is 5.66. The van der Waals surface area contributed by atoms with Crippen LogP contribution >= 0.6 is 0 Å². The number of benzene rings is 1. The maximum absolute atomic E-state index is 10.6. The number of hydrogen-bond donors (Lipinski definition) is 1. The molecule has 1 aromatic carbocycles. The molecule has 1 aliphatic carbocycles. The Morgan fingerprint density at radius 3 is 2.46 bits per heavy atom. The Labute approximate surface area is 154 Å². The van der Waals surface area contributed by atoms with Gasteiger partial charge in [0.25, 0.3) is 0 Å². The van der Waals surface area contributed by atoms with Crippen molar-refractivity contribution in [2.75, 3.05) is 20.2 Å². The molecule has 5 nitrogen and oxygen atoms in total. The summed E-state index contributed by atoms with van der Waals surface area (Å²) in [6, 6.07) is 11.8. The zero-order valence-corrected chi connectivity index (χ0v) is 15.1. The van der Waals surface area contributed by atoms with Crippen molar-refractivity contribution in [3.63, 3.8) is 0 Å². The second kappa shape index (κ2) is 7.64. The van der Waals surface area contributed by atoms with E-state index < -0.39 is 6.10 Å². The highest BCUT2D eigenvalue weighted by Gasteiger charge is 2.42. The summed E-state index contributed by atoms with van der Waals surface area (Å²) in [6.45, 7) is 3.06. The van der Waals surface area contributed by atoms with Crippen molar-refractivity contribution in [2.24, 2.45) is 11.8 Å². The molecular weight excluding hydrogens is 328 g/mol. The summed E-state index contributed by atoms with van der Waals surface area (Å²) in [4.78, 5) is 6.58. The quantitative estimate of drug-likeness (QED) is 0.895. The summed E-state index contributed by atoms with van der Waals surface area (Å²) in [7, 11) is 1.64. The van der Waals surface area contributed by atoms with Crippen molar-refractivity contribution in [1.82, 2.24) is 9.88 Å². The number of fused-ring (bicyclic) bond motifs is 1. The molecule has 2 aliphatic rings. The van der Waals surface area contributed by atoms with Crippen LogP contribution in [0.2, 0.25) is 0 Å². The summed E-state index contributed by atoms with van der Waals surface area (Å²) in [6.07, 6.45) is 4.78. The first-order chi connectivity index (χ1) is 12.7. The minimum atomic E-state index is -0.429. The molecule has 1 N–H and O–H groups in total. The minimum absolute atomic E-state index is 0.173. The number of pyridine rings is 1. The van der Waals surface area contributed by atoms with Gasteiger partial charge >= 0.3 is 0 Å². The molecule has 0 spiro atoms. The summed E-state index contributed by atoms with van der Waals surface area (Å²) >= 11 is 0. The Hall–Kier alpha value is -2.11. The normalized spacial score (nSPS) is 28.5. The molecule has 0 amide bonds. The van der Waals surface area contributed by atoms with Gasteiger partial charge in [-0.15, -0.1) is 0 Å². The molecule has 4 atom stereocenters. The highest BCUT2D eigenvalue weighted by atomic mass is 16.5. The van der Waals surface area contributed by atoms with Crippen LogP contribution < -0.4 is 9.47 Å². The smallest absolute Gasteiger partial charge is 0.161 e. The van der Waals surface area contributed by atoms with Crippen LogP contribution in [0.25, 0.3) is 0 Å². The van der Waals surface area contributed by atoms with Crippen molar-refractivity contribution in [1.29, 1.82) is 0 Å². The highest BCUT2D eigenvalue weighted by molar-refractivity contribution is 5.39. The van der Waals surface area contributed by atoms with Crippen LogP contribution in [0.4, 0.5) is 0 Å². The van der Waals surface area contributed by atoms with E-state index in [2.05, 4.69) is 22.0 Å². The van der Waals surface area contributed by atoms with Gasteiger partial charge in [0.2, 0.25) is 0 Å². The second-order valence-corrected chi connectivity index (χ2v) is 7.42. The van der Waals surface area contributed by atoms with Gasteiger partial charge in [0.1, 0.15) is 6.10 Å². The molecule has 2 heterocycles. The largest absolute Gasteiger partial charge is 0.493 e. The lowest BCUT2D eigenvalue weighted by molar-refractivity contribution is -0.0240. The zero-order chi connectivity index (χ0) is 17.9. The Morgan fingerprint density at radius 1 is 1.04 bits per heavy atom. The average Bonchev–Trinajstić information content (AvgIpc) is 3.04. The molecule has 0 unspecified atom stereocenters. The molecule has 2 aromatic rings. The number of aliphatic hydroxyl groups is 1. The molecule has 1 aliphatic heterocycles. The number of aromatic nitrogens is 1. The number of nitrogens with zero attached hydrogens (tertiary/aromatic N) is 2. The predicted octanol–water partition coefficient (Wildman–Crippen LogP) is 2.74. The number of para-hydroxylation sites is 2. The summed E-state index contributed by atoms with van der Waals surface area (Å²) in [5.74, 6) is 2.54. The fourth-order valence-corrected chi connectivity index (χ4v) is 4.37. The Morgan fingerprint density at radius 2 is 1.73 bits per heavy atom. The number of hydrogen-bond acceptors (Lipinski definition) is 5. The Kier molecular flexibility index (Phi) is 5.09. The van der Waals surface area contributed by atoms with Gasteiger partial charge in [0.15, 0.2) is 11.5 Å². The number of rotatable bonds is 5. The van der Waals surface area contributed by atoms with Crippen molar-refractivity contribution in [3.8, 4) is 11.5 Å². The van der Waals surface area contributed by atoms with Crippen molar-refractivity contribution < 1.29 is 14.6 Å². The first-order valence-corrected chi connectivity index (χ1v) is 9.32. The molecule has 26 heavy (non-hydrogen) atoms. The lowest BCUT2D eigenvalue weighted by Gasteiger charge is -2.35. The number of aliphatic hydroxyl groups excluding tert-OH is 1. The molecule has 4 rings (SSSR count). The summed E-state index contributed by atoms with van der Waals surface area (Å²) in [5, 5.41) is 10.6. The standard InChI is InChI=1S/C21H26N2O3/c1-25-19-4-2-3-5-20(19)26-21-11-17-14-23(13-16(17)10-18(21)24)12-15-6-8-22-9-7-15/h2-9,16-18,21,24H,10-14H2,1H3/t16-,17+,18+,21+/m0/s1. The van der Waals surface area contributed by atoms with E-state index in [4.69, 9.17) is 9.47 Å². The van der Waals surface area contributed by atoms with E-state index in [1.54, 1.807) is 7.11 Å². The van der Waals surface area contributed by atoms with Crippen LogP contribution in [0.3, 0.4) is 0 Å². The monoisotopic (exact) mass is 354 g/mol. The van der Waals surface area contributed by atoms with Crippen LogP contribution in [0.15, 0.2) is 48.8 Å². The van der Waals surface area contributed by atoms with Crippen molar-refractivity contribution in [3.05, 3.63) is 54.4 Å². The SMILES string of the molecule is COc1ccccc1O[C@@H]1C[C@@H]2CN(Cc3ccncc3)C[C@@H]2C[C@H]1O. The molecule has 0 radical (unpaired) electrons. The van der Waals surface area contributed by atoms with E-state index >= 15 is 0 Å². The maximum Gasteiger partial charge on any atom is 0.161 e. The van der Waals surface area contributed by atoms with Crippen LogP contribution in [0.1, 0.15) is 18.4 Å². The number of ether oxygens (including phenoxy) is 2. The van der Waals surface area contributed by atoms with E-state index in [9.17, 15) is 5.11 Å². The fourth-order valence-electron chi connectivity index (χ4n) is 4.37. The second-order valence-electron chi connectivity index (χ2n) is 7.42. The van der Waals surface area contributed by atoms with E-state index in [1.807, 2.05) is 36.7 Å². The lowest BCUT2D eigenvalue weighted by atomic mass is 9.78. The van der Waals surface area contributed by atoms with Crippen LogP contribution in [0.5, 0.6) is 11.5 Å². The summed E-state index contributed by atoms with van der Waals surface area (Å²) < 4.78 is 11.5. The zero-order valence-electron chi connectivity index (χ0n) is 15.1. The van der Waals surface area contributed by atoms with Gasteiger partial charge in [-0.2, -0.15) is 0 Å². The van der Waals surface area contributed by atoms with Gasteiger partial charge in [-0.1, -0.05) is 12.1 Å². The molecule has 1 saturated heterocycles. The van der Waals surface area contributed by atoms with Gasteiger partial charge in [0.05, 0.1) is 13.2 Å². The molecule has 138 valence electrons. The molecular formula is C21H26N2O3. The van der Waals surface area contributed by atoms with Gasteiger partial charge in [-0.05, 0) is 54.5 Å². The van der Waals surface area contributed by atoms with Crippen molar-refractivity contribution >= 4 is 0 Å². The Bertz CT molecular complexity index is 724. The first-order valence-electron chi connectivity index (χ1n) is 9.32. The predicted molar refractivity (Wildman–Crippen MR) is 99.1 cm³/mol. The van der Waals surface area contributed by atoms with E-state index in [0.29, 0.717) is 23.3 Å². The topological polar surface area (TPSA) is 54.8 Å². The fraction of sp³-hybridized carbons (Fsp3) is 0.476. The van der Waals surface area contributed by atoms with Crippen LogP contribution in [-0.4, -0.2) is 47.4 Å². The molecule has 1 aromatic heterocycles. The summed E-state index contributed by atoms with van der Waals surface area (Å²) in [5.41, 5.74) is 1.29. The van der Waals surface area contributed by atoms with Crippen LogP contribution in [0, 0.1) is 11.8 Å². The van der Waals surface area contributed by atoms with Gasteiger partial charge < -0.3 is 14.6 Å². The lowest BCUT2D eigenvalue weighted by Crippen LogP contribution is -2.42. The third kappa shape index (κ3) is 3.69. The van der Waals surface area contributed by atoms with Gasteiger partial charge in [0, 0.05) is 32.0 Å². The molecule has 5 heteroatoms.